The Morgan fingerprint density at radius 1 is 0.750 bits per heavy atom. The van der Waals surface area contributed by atoms with Crippen LogP contribution in [0.1, 0.15) is 11.1 Å². The Balaban J connectivity index is 2.21. The third-order valence-corrected chi connectivity index (χ3v) is 3.01. The molecular formula is C14H8ClI. The third kappa shape index (κ3) is 3.26. The number of hydrogen-bond acceptors (Lipinski definition) is 0. The van der Waals surface area contributed by atoms with Crippen molar-refractivity contribution < 1.29 is 0 Å². The van der Waals surface area contributed by atoms with Crippen LogP contribution in [0.25, 0.3) is 0 Å². The Kier molecular flexibility index (Phi) is 3.87. The highest BCUT2D eigenvalue weighted by Crippen LogP contribution is 2.09. The number of rotatable bonds is 0. The van der Waals surface area contributed by atoms with E-state index in [1.165, 1.54) is 3.57 Å². The van der Waals surface area contributed by atoms with Crippen LogP contribution in [0.3, 0.4) is 0 Å². The molecule has 0 saturated heterocycles. The van der Waals surface area contributed by atoms with E-state index in [0.29, 0.717) is 0 Å². The van der Waals surface area contributed by atoms with Gasteiger partial charge >= 0.3 is 0 Å². The topological polar surface area (TPSA) is 0 Å². The predicted molar refractivity (Wildman–Crippen MR) is 76.6 cm³/mol. The van der Waals surface area contributed by atoms with E-state index in [2.05, 4.69) is 34.4 Å². The average Bonchev–Trinajstić information content (AvgIpc) is 2.30. The second kappa shape index (κ2) is 5.38. The van der Waals surface area contributed by atoms with E-state index >= 15 is 0 Å². The van der Waals surface area contributed by atoms with Gasteiger partial charge in [0.25, 0.3) is 0 Å². The van der Waals surface area contributed by atoms with Gasteiger partial charge in [-0.1, -0.05) is 23.4 Å². The summed E-state index contributed by atoms with van der Waals surface area (Å²) in [6.45, 7) is 0. The van der Waals surface area contributed by atoms with Crippen molar-refractivity contribution in [3.8, 4) is 11.8 Å². The molecule has 0 nitrogen and oxygen atoms in total. The van der Waals surface area contributed by atoms with Crippen LogP contribution in [0, 0.1) is 15.4 Å². The van der Waals surface area contributed by atoms with E-state index in [9.17, 15) is 0 Å². The molecule has 0 fully saturated rings. The maximum absolute atomic E-state index is 5.80. The lowest BCUT2D eigenvalue weighted by atomic mass is 10.2. The lowest BCUT2D eigenvalue weighted by molar-refractivity contribution is 1.59. The molecule has 2 aromatic rings. The summed E-state index contributed by atoms with van der Waals surface area (Å²) in [5.41, 5.74) is 2.00. The molecule has 0 spiro atoms. The van der Waals surface area contributed by atoms with Crippen molar-refractivity contribution >= 4 is 34.2 Å². The molecule has 0 saturated carbocycles. The smallest absolute Gasteiger partial charge is 0.0406 e. The molecule has 0 aliphatic rings. The Hall–Kier alpha value is -0.980. The summed E-state index contributed by atoms with van der Waals surface area (Å²) in [7, 11) is 0. The zero-order valence-electron chi connectivity index (χ0n) is 8.37. The quantitative estimate of drug-likeness (QED) is 0.495. The molecule has 2 aromatic carbocycles. The fourth-order valence-electron chi connectivity index (χ4n) is 1.21. The van der Waals surface area contributed by atoms with Gasteiger partial charge in [-0.15, -0.1) is 0 Å². The molecule has 0 aromatic heterocycles. The van der Waals surface area contributed by atoms with Crippen LogP contribution < -0.4 is 0 Å². The first kappa shape index (κ1) is 11.5. The minimum atomic E-state index is 0.736. The molecule has 16 heavy (non-hydrogen) atoms. The van der Waals surface area contributed by atoms with Crippen LogP contribution in [0.4, 0.5) is 0 Å². The number of benzene rings is 2. The Labute approximate surface area is 114 Å². The van der Waals surface area contributed by atoms with Crippen molar-refractivity contribution in [1.29, 1.82) is 0 Å². The minimum Gasteiger partial charge on any atom is -0.0843 e. The Bertz CT molecular complexity index is 480. The van der Waals surface area contributed by atoms with Gasteiger partial charge in [-0.25, -0.2) is 0 Å². The van der Waals surface area contributed by atoms with Gasteiger partial charge in [0.2, 0.25) is 0 Å². The second-order valence-corrected chi connectivity index (χ2v) is 4.95. The fourth-order valence-corrected chi connectivity index (χ4v) is 1.70. The molecule has 0 bridgehead atoms. The maximum Gasteiger partial charge on any atom is 0.0406 e. The molecule has 0 radical (unpaired) electrons. The van der Waals surface area contributed by atoms with Crippen LogP contribution in [0.2, 0.25) is 5.02 Å². The molecule has 0 aliphatic heterocycles. The SMILES string of the molecule is Clc1ccc(C#Cc2ccc(I)cc2)cc1. The molecule has 0 heterocycles. The van der Waals surface area contributed by atoms with Crippen molar-refractivity contribution in [1.82, 2.24) is 0 Å². The standard InChI is InChI=1S/C14H8ClI/c15-13-7-3-11(4-8-13)1-2-12-5-9-14(16)10-6-12/h3-10H. The lowest BCUT2D eigenvalue weighted by Crippen LogP contribution is -1.76. The van der Waals surface area contributed by atoms with Gasteiger partial charge in [-0.2, -0.15) is 0 Å². The third-order valence-electron chi connectivity index (χ3n) is 2.04. The van der Waals surface area contributed by atoms with Crippen molar-refractivity contribution in [2.75, 3.05) is 0 Å². The molecule has 2 heteroatoms. The van der Waals surface area contributed by atoms with Gasteiger partial charge in [0.1, 0.15) is 0 Å². The highest BCUT2D eigenvalue weighted by Gasteiger charge is 1.89. The molecule has 2 rings (SSSR count). The van der Waals surface area contributed by atoms with Crippen molar-refractivity contribution in [3.63, 3.8) is 0 Å². The molecule has 0 unspecified atom stereocenters. The summed E-state index contributed by atoms with van der Waals surface area (Å²) in [5, 5.41) is 0.736. The summed E-state index contributed by atoms with van der Waals surface area (Å²) >= 11 is 8.07. The van der Waals surface area contributed by atoms with Crippen LogP contribution in [-0.4, -0.2) is 0 Å². The van der Waals surface area contributed by atoms with Crippen LogP contribution in [0.15, 0.2) is 48.5 Å². The minimum absolute atomic E-state index is 0.736. The highest BCUT2D eigenvalue weighted by molar-refractivity contribution is 14.1. The number of hydrogen-bond donors (Lipinski definition) is 0. The molecule has 0 amide bonds. The molecule has 0 atom stereocenters. The van der Waals surface area contributed by atoms with Gasteiger partial charge in [-0.05, 0) is 71.1 Å². The van der Waals surface area contributed by atoms with Gasteiger partial charge in [0.15, 0.2) is 0 Å². The van der Waals surface area contributed by atoms with Crippen LogP contribution in [-0.2, 0) is 0 Å². The average molecular weight is 339 g/mol. The van der Waals surface area contributed by atoms with E-state index in [0.717, 1.165) is 16.1 Å². The highest BCUT2D eigenvalue weighted by atomic mass is 127. The van der Waals surface area contributed by atoms with E-state index in [1.54, 1.807) is 0 Å². The first-order valence-electron chi connectivity index (χ1n) is 4.77. The first-order chi connectivity index (χ1) is 7.74. The Morgan fingerprint density at radius 3 is 1.69 bits per heavy atom. The van der Waals surface area contributed by atoms with Gasteiger partial charge in [0.05, 0.1) is 0 Å². The Morgan fingerprint density at radius 2 is 1.19 bits per heavy atom. The first-order valence-corrected chi connectivity index (χ1v) is 6.23. The van der Waals surface area contributed by atoms with Crippen LogP contribution >= 0.6 is 34.2 Å². The normalized spacial score (nSPS) is 9.38. The fraction of sp³-hybridized carbons (Fsp3) is 0. The van der Waals surface area contributed by atoms with Crippen molar-refractivity contribution in [2.24, 2.45) is 0 Å². The van der Waals surface area contributed by atoms with Gasteiger partial charge in [0, 0.05) is 19.7 Å². The molecule has 78 valence electrons. The maximum atomic E-state index is 5.80. The van der Waals surface area contributed by atoms with Crippen LogP contribution in [0.5, 0.6) is 0 Å². The predicted octanol–water partition coefficient (Wildman–Crippen LogP) is 4.34. The van der Waals surface area contributed by atoms with Crippen molar-refractivity contribution in [3.05, 3.63) is 68.3 Å². The summed E-state index contributed by atoms with van der Waals surface area (Å²) < 4.78 is 1.22. The molecular weight excluding hydrogens is 331 g/mol. The van der Waals surface area contributed by atoms with E-state index in [4.69, 9.17) is 11.6 Å². The zero-order chi connectivity index (χ0) is 11.4. The van der Waals surface area contributed by atoms with Gasteiger partial charge in [-0.3, -0.25) is 0 Å². The van der Waals surface area contributed by atoms with Crippen molar-refractivity contribution in [2.45, 2.75) is 0 Å². The second-order valence-electron chi connectivity index (χ2n) is 3.26. The largest absolute Gasteiger partial charge is 0.0843 e. The summed E-state index contributed by atoms with van der Waals surface area (Å²) in [6.07, 6.45) is 0. The zero-order valence-corrected chi connectivity index (χ0v) is 11.3. The summed E-state index contributed by atoms with van der Waals surface area (Å²) in [5.74, 6) is 6.21. The van der Waals surface area contributed by atoms with Gasteiger partial charge < -0.3 is 0 Å². The van der Waals surface area contributed by atoms with E-state index in [-0.39, 0.29) is 0 Å². The lowest BCUT2D eigenvalue weighted by Gasteiger charge is -1.92. The van der Waals surface area contributed by atoms with E-state index < -0.39 is 0 Å². The summed E-state index contributed by atoms with van der Waals surface area (Å²) in [6, 6.07) is 15.7. The molecule has 0 aliphatic carbocycles. The van der Waals surface area contributed by atoms with E-state index in [1.807, 2.05) is 48.5 Å². The summed E-state index contributed by atoms with van der Waals surface area (Å²) in [4.78, 5) is 0. The monoisotopic (exact) mass is 338 g/mol. The molecule has 0 N–H and O–H groups in total. The number of halogens is 2.